The van der Waals surface area contributed by atoms with Gasteiger partial charge in [-0.1, -0.05) is 24.3 Å². The largest absolute Gasteiger partial charge is 0.451 e. The maximum absolute atomic E-state index is 12.4. The van der Waals surface area contributed by atoms with E-state index in [1.165, 1.54) is 25.0 Å². The number of rotatable bonds is 7. The minimum absolute atomic E-state index is 0.00338. The Hall–Kier alpha value is -3.57. The van der Waals surface area contributed by atoms with Gasteiger partial charge in [0.2, 0.25) is 10.0 Å². The zero-order valence-electron chi connectivity index (χ0n) is 18.1. The molecule has 1 amide bonds. The zero-order valence-corrected chi connectivity index (χ0v) is 18.9. The summed E-state index contributed by atoms with van der Waals surface area (Å²) in [6, 6.07) is 13.6. The fraction of sp³-hybridized carbons (Fsp3) is 0.238. The van der Waals surface area contributed by atoms with Gasteiger partial charge in [0.05, 0.1) is 16.3 Å². The minimum Gasteiger partial charge on any atom is -0.451 e. The quantitative estimate of drug-likeness (QED) is 0.538. The second-order valence-electron chi connectivity index (χ2n) is 7.15. The first-order valence-corrected chi connectivity index (χ1v) is 11.0. The lowest BCUT2D eigenvalue weighted by Crippen LogP contribution is -2.24. The van der Waals surface area contributed by atoms with Crippen LogP contribution in [0.25, 0.3) is 5.69 Å². The Labute approximate surface area is 185 Å². The number of amides is 1. The van der Waals surface area contributed by atoms with E-state index >= 15 is 0 Å². The van der Waals surface area contributed by atoms with E-state index < -0.39 is 28.5 Å². The third-order valence-corrected chi connectivity index (χ3v) is 6.48. The highest BCUT2D eigenvalue weighted by Gasteiger charge is 2.21. The van der Waals surface area contributed by atoms with E-state index in [-0.39, 0.29) is 16.3 Å². The maximum atomic E-state index is 12.4. The van der Waals surface area contributed by atoms with Gasteiger partial charge >= 0.3 is 5.97 Å². The summed E-state index contributed by atoms with van der Waals surface area (Å²) in [7, 11) is -0.822. The predicted molar refractivity (Wildman–Crippen MR) is 117 cm³/mol. The smallest absolute Gasteiger partial charge is 0.361 e. The summed E-state index contributed by atoms with van der Waals surface area (Å²) in [5, 5.41) is 10.9. The van der Waals surface area contributed by atoms with Crippen molar-refractivity contribution < 1.29 is 22.7 Å². The van der Waals surface area contributed by atoms with Crippen LogP contribution in [-0.4, -0.2) is 60.3 Å². The van der Waals surface area contributed by atoms with Gasteiger partial charge in [-0.3, -0.25) is 4.79 Å². The van der Waals surface area contributed by atoms with Crippen LogP contribution in [0.4, 0.5) is 5.69 Å². The standard InChI is InChI=1S/C21H23N5O5S/c1-14-10-11-16(12-18(14)32(29,30)25(3)4)22-19(27)13-31-21(28)20-15(2)23-26(24-20)17-8-6-5-7-9-17/h5-12H,13H2,1-4H3,(H,22,27). The molecule has 2 aromatic carbocycles. The van der Waals surface area contributed by atoms with Crippen LogP contribution in [0.1, 0.15) is 21.7 Å². The van der Waals surface area contributed by atoms with E-state index in [4.69, 9.17) is 4.74 Å². The molecule has 0 fully saturated rings. The summed E-state index contributed by atoms with van der Waals surface area (Å²) in [5.74, 6) is -1.41. The predicted octanol–water partition coefficient (Wildman–Crippen LogP) is 1.93. The first kappa shape index (κ1) is 23.1. The zero-order chi connectivity index (χ0) is 23.5. The maximum Gasteiger partial charge on any atom is 0.361 e. The molecule has 11 heteroatoms. The molecule has 0 aliphatic heterocycles. The van der Waals surface area contributed by atoms with E-state index in [1.54, 1.807) is 38.1 Å². The van der Waals surface area contributed by atoms with Gasteiger partial charge < -0.3 is 10.1 Å². The highest BCUT2D eigenvalue weighted by Crippen LogP contribution is 2.22. The monoisotopic (exact) mass is 457 g/mol. The number of carbonyl (C=O) groups excluding carboxylic acids is 2. The number of benzene rings is 2. The molecule has 0 unspecified atom stereocenters. The third kappa shape index (κ3) is 5.01. The van der Waals surface area contributed by atoms with Crippen LogP contribution >= 0.6 is 0 Å². The summed E-state index contributed by atoms with van der Waals surface area (Å²) >= 11 is 0. The summed E-state index contributed by atoms with van der Waals surface area (Å²) in [6.45, 7) is 2.71. The summed E-state index contributed by atoms with van der Waals surface area (Å²) < 4.78 is 31.0. The van der Waals surface area contributed by atoms with Crippen molar-refractivity contribution in [1.82, 2.24) is 19.3 Å². The van der Waals surface area contributed by atoms with Crippen LogP contribution in [0.2, 0.25) is 0 Å². The van der Waals surface area contributed by atoms with E-state index in [1.807, 2.05) is 18.2 Å². The number of anilines is 1. The molecule has 0 radical (unpaired) electrons. The van der Waals surface area contributed by atoms with Crippen LogP contribution in [0, 0.1) is 13.8 Å². The van der Waals surface area contributed by atoms with Gasteiger partial charge in [0.15, 0.2) is 12.3 Å². The molecule has 1 heterocycles. The van der Waals surface area contributed by atoms with Crippen molar-refractivity contribution in [1.29, 1.82) is 0 Å². The molecule has 0 spiro atoms. The average molecular weight is 458 g/mol. The van der Waals surface area contributed by atoms with Crippen molar-refractivity contribution in [2.45, 2.75) is 18.7 Å². The number of aryl methyl sites for hydroxylation is 2. The van der Waals surface area contributed by atoms with Gasteiger partial charge in [0.25, 0.3) is 5.91 Å². The first-order chi connectivity index (χ1) is 15.1. The van der Waals surface area contributed by atoms with Crippen molar-refractivity contribution in [2.24, 2.45) is 0 Å². The molecule has 0 atom stereocenters. The molecule has 32 heavy (non-hydrogen) atoms. The number of nitrogens with one attached hydrogen (secondary N) is 1. The molecule has 0 aliphatic rings. The number of esters is 1. The molecule has 1 N–H and O–H groups in total. The topological polar surface area (TPSA) is 123 Å². The minimum atomic E-state index is -3.67. The van der Waals surface area contributed by atoms with Crippen molar-refractivity contribution in [3.05, 3.63) is 65.5 Å². The lowest BCUT2D eigenvalue weighted by atomic mass is 10.2. The van der Waals surface area contributed by atoms with E-state index in [0.717, 1.165) is 4.31 Å². The SMILES string of the molecule is Cc1ccc(NC(=O)COC(=O)c2nn(-c3ccccc3)nc2C)cc1S(=O)(=O)N(C)C. The normalized spacial score (nSPS) is 11.4. The average Bonchev–Trinajstić information content (AvgIpc) is 3.15. The second kappa shape index (κ2) is 9.28. The Morgan fingerprint density at radius 2 is 1.75 bits per heavy atom. The van der Waals surface area contributed by atoms with Gasteiger partial charge in [-0.15, -0.1) is 5.10 Å². The summed E-state index contributed by atoms with van der Waals surface area (Å²) in [5.41, 5.74) is 1.84. The van der Waals surface area contributed by atoms with E-state index in [0.29, 0.717) is 16.9 Å². The number of sulfonamides is 1. The highest BCUT2D eigenvalue weighted by molar-refractivity contribution is 7.89. The van der Waals surface area contributed by atoms with Crippen molar-refractivity contribution in [3.8, 4) is 5.69 Å². The number of aromatic nitrogens is 3. The van der Waals surface area contributed by atoms with Crippen LogP contribution in [0.3, 0.4) is 0 Å². The summed E-state index contributed by atoms with van der Waals surface area (Å²) in [4.78, 5) is 26.0. The molecule has 0 saturated carbocycles. The molecular weight excluding hydrogens is 434 g/mol. The number of para-hydroxylation sites is 1. The van der Waals surface area contributed by atoms with Gasteiger partial charge in [-0.2, -0.15) is 9.90 Å². The Balaban J connectivity index is 1.66. The van der Waals surface area contributed by atoms with E-state index in [2.05, 4.69) is 15.5 Å². The van der Waals surface area contributed by atoms with Crippen LogP contribution in [0.5, 0.6) is 0 Å². The molecule has 168 valence electrons. The van der Waals surface area contributed by atoms with Gasteiger partial charge in [-0.05, 0) is 43.7 Å². The molecule has 1 aromatic heterocycles. The molecule has 10 nitrogen and oxygen atoms in total. The number of nitrogens with zero attached hydrogens (tertiary/aromatic N) is 4. The third-order valence-electron chi connectivity index (χ3n) is 4.53. The lowest BCUT2D eigenvalue weighted by Gasteiger charge is -2.15. The van der Waals surface area contributed by atoms with Crippen molar-refractivity contribution in [3.63, 3.8) is 0 Å². The molecule has 0 saturated heterocycles. The second-order valence-corrected chi connectivity index (χ2v) is 9.27. The first-order valence-electron chi connectivity index (χ1n) is 9.59. The molecule has 3 aromatic rings. The Bertz CT molecular complexity index is 1250. The van der Waals surface area contributed by atoms with Gasteiger partial charge in [0.1, 0.15) is 0 Å². The van der Waals surface area contributed by atoms with Crippen molar-refractivity contribution >= 4 is 27.6 Å². The fourth-order valence-corrected chi connectivity index (χ4v) is 3.94. The summed E-state index contributed by atoms with van der Waals surface area (Å²) in [6.07, 6.45) is 0. The van der Waals surface area contributed by atoms with Crippen molar-refractivity contribution in [2.75, 3.05) is 26.0 Å². The molecule has 0 aliphatic carbocycles. The Morgan fingerprint density at radius 1 is 1.06 bits per heavy atom. The number of hydrogen-bond donors (Lipinski definition) is 1. The van der Waals surface area contributed by atoms with Crippen LogP contribution < -0.4 is 5.32 Å². The lowest BCUT2D eigenvalue weighted by molar-refractivity contribution is -0.119. The van der Waals surface area contributed by atoms with E-state index in [9.17, 15) is 18.0 Å². The van der Waals surface area contributed by atoms with Gasteiger partial charge in [-0.25, -0.2) is 17.5 Å². The van der Waals surface area contributed by atoms with Crippen LogP contribution in [-0.2, 0) is 19.6 Å². The highest BCUT2D eigenvalue weighted by atomic mass is 32.2. The van der Waals surface area contributed by atoms with Crippen LogP contribution in [0.15, 0.2) is 53.4 Å². The van der Waals surface area contributed by atoms with Gasteiger partial charge in [0, 0.05) is 19.8 Å². The Kier molecular flexibility index (Phi) is 6.70. The molecule has 3 rings (SSSR count). The molecular formula is C21H23N5O5S. The number of ether oxygens (including phenoxy) is 1. The number of hydrogen-bond acceptors (Lipinski definition) is 7. The molecule has 0 bridgehead atoms. The fourth-order valence-electron chi connectivity index (χ4n) is 2.79. The Morgan fingerprint density at radius 3 is 2.41 bits per heavy atom. The number of carbonyl (C=O) groups is 2.